The first kappa shape index (κ1) is 8.21. The Kier molecular flexibility index (Phi) is 1.43. The van der Waals surface area contributed by atoms with Crippen LogP contribution in [0.1, 0.15) is 33.1 Å². The van der Waals surface area contributed by atoms with Crippen LogP contribution in [0.15, 0.2) is 0 Å². The molecule has 2 fully saturated rings. The molecule has 2 aliphatic rings. The molecule has 2 aliphatic carbocycles. The van der Waals surface area contributed by atoms with E-state index in [4.69, 9.17) is 0 Å². The Morgan fingerprint density at radius 3 is 2.50 bits per heavy atom. The van der Waals surface area contributed by atoms with Crippen LogP contribution in [0.25, 0.3) is 0 Å². The summed E-state index contributed by atoms with van der Waals surface area (Å²) >= 11 is 0. The first-order valence-corrected chi connectivity index (χ1v) is 4.64. The molecule has 0 spiro atoms. The Hall–Kier alpha value is -0.400. The summed E-state index contributed by atoms with van der Waals surface area (Å²) in [7, 11) is 0. The molecule has 0 radical (unpaired) electrons. The van der Waals surface area contributed by atoms with Crippen LogP contribution >= 0.6 is 0 Å². The zero-order valence-electron chi connectivity index (χ0n) is 7.69. The summed E-state index contributed by atoms with van der Waals surface area (Å²) in [6, 6.07) is 0. The highest BCUT2D eigenvalue weighted by Crippen LogP contribution is 2.63. The Bertz CT molecular complexity index is 234. The normalized spacial score (nSPS) is 43.9. The second-order valence-corrected chi connectivity index (χ2v) is 4.80. The van der Waals surface area contributed by atoms with Crippen molar-refractivity contribution in [1.29, 1.82) is 0 Å². The molecular formula is C10H15FO. The molecule has 0 N–H and O–H groups in total. The Labute approximate surface area is 72.3 Å². The van der Waals surface area contributed by atoms with Crippen LogP contribution in [-0.2, 0) is 4.79 Å². The molecular weight excluding hydrogens is 155 g/mol. The van der Waals surface area contributed by atoms with E-state index in [1.54, 1.807) is 0 Å². The van der Waals surface area contributed by atoms with Gasteiger partial charge in [0.05, 0.1) is 5.41 Å². The van der Waals surface area contributed by atoms with E-state index in [9.17, 15) is 9.18 Å². The van der Waals surface area contributed by atoms with Gasteiger partial charge in [0.15, 0.2) is 0 Å². The van der Waals surface area contributed by atoms with Crippen molar-refractivity contribution in [3.8, 4) is 0 Å². The van der Waals surface area contributed by atoms with E-state index >= 15 is 0 Å². The molecule has 2 atom stereocenters. The van der Waals surface area contributed by atoms with E-state index in [2.05, 4.69) is 13.8 Å². The Morgan fingerprint density at radius 2 is 2.25 bits per heavy atom. The van der Waals surface area contributed by atoms with Crippen molar-refractivity contribution in [2.24, 2.45) is 16.7 Å². The van der Waals surface area contributed by atoms with Crippen LogP contribution in [0.5, 0.6) is 0 Å². The molecule has 12 heavy (non-hydrogen) atoms. The average Bonchev–Trinajstić information content (AvgIpc) is 2.36. The highest BCUT2D eigenvalue weighted by Gasteiger charge is 2.64. The molecule has 0 heterocycles. The number of ketones is 1. The lowest BCUT2D eigenvalue weighted by atomic mass is 9.70. The van der Waals surface area contributed by atoms with Gasteiger partial charge in [-0.2, -0.15) is 0 Å². The second-order valence-electron chi connectivity index (χ2n) is 4.80. The van der Waals surface area contributed by atoms with Crippen LogP contribution in [0.2, 0.25) is 0 Å². The molecule has 0 amide bonds. The van der Waals surface area contributed by atoms with Crippen molar-refractivity contribution >= 4 is 5.78 Å². The molecule has 2 bridgehead atoms. The van der Waals surface area contributed by atoms with E-state index in [1.807, 2.05) is 0 Å². The van der Waals surface area contributed by atoms with E-state index in [0.29, 0.717) is 12.3 Å². The molecule has 0 aromatic heterocycles. The van der Waals surface area contributed by atoms with Gasteiger partial charge in [-0.3, -0.25) is 4.79 Å². The van der Waals surface area contributed by atoms with Gasteiger partial charge in [-0.25, -0.2) is 4.39 Å². The highest BCUT2D eigenvalue weighted by atomic mass is 19.1. The minimum Gasteiger partial charge on any atom is -0.299 e. The van der Waals surface area contributed by atoms with Gasteiger partial charge in [-0.05, 0) is 24.2 Å². The monoisotopic (exact) mass is 170 g/mol. The van der Waals surface area contributed by atoms with Gasteiger partial charge >= 0.3 is 0 Å². The summed E-state index contributed by atoms with van der Waals surface area (Å²) in [5.74, 6) is 0.618. The molecule has 1 nitrogen and oxygen atoms in total. The molecule has 2 heteroatoms. The van der Waals surface area contributed by atoms with Crippen molar-refractivity contribution in [3.05, 3.63) is 0 Å². The van der Waals surface area contributed by atoms with Gasteiger partial charge < -0.3 is 0 Å². The SMILES string of the molecule is CC1(C)[C@H]2CC[C@@]1(CF)C(=O)C2. The van der Waals surface area contributed by atoms with Crippen LogP contribution < -0.4 is 0 Å². The summed E-state index contributed by atoms with van der Waals surface area (Å²) in [6.45, 7) is 3.65. The quantitative estimate of drug-likeness (QED) is 0.590. The van der Waals surface area contributed by atoms with Gasteiger partial charge in [-0.15, -0.1) is 0 Å². The zero-order chi connectivity index (χ0) is 8.98. The smallest absolute Gasteiger partial charge is 0.142 e. The second kappa shape index (κ2) is 2.09. The molecule has 0 aromatic rings. The maximum atomic E-state index is 12.9. The fourth-order valence-electron chi connectivity index (χ4n) is 3.08. The lowest BCUT2D eigenvalue weighted by Crippen LogP contribution is -2.37. The van der Waals surface area contributed by atoms with Crippen LogP contribution in [0.3, 0.4) is 0 Å². The fraction of sp³-hybridized carbons (Fsp3) is 0.900. The van der Waals surface area contributed by atoms with E-state index < -0.39 is 12.1 Å². The standard InChI is InChI=1S/C10H15FO/c1-9(2)7-3-4-10(9,6-11)8(12)5-7/h7H,3-6H2,1-2H3/t7-,10+/m0/s1. The number of halogens is 1. The number of fused-ring (bicyclic) bond motifs is 2. The number of rotatable bonds is 1. The van der Waals surface area contributed by atoms with E-state index in [1.165, 1.54) is 0 Å². The van der Waals surface area contributed by atoms with Crippen molar-refractivity contribution < 1.29 is 9.18 Å². The van der Waals surface area contributed by atoms with Crippen LogP contribution in [0.4, 0.5) is 4.39 Å². The van der Waals surface area contributed by atoms with Crippen LogP contribution in [0, 0.1) is 16.7 Å². The predicted molar refractivity (Wildman–Crippen MR) is 44.5 cm³/mol. The Balaban J connectivity index is 2.46. The molecule has 0 aromatic carbocycles. The summed E-state index contributed by atoms with van der Waals surface area (Å²) in [4.78, 5) is 11.6. The lowest BCUT2D eigenvalue weighted by molar-refractivity contribution is -0.130. The third-order valence-corrected chi connectivity index (χ3v) is 4.37. The van der Waals surface area contributed by atoms with Crippen molar-refractivity contribution in [1.82, 2.24) is 0 Å². The van der Waals surface area contributed by atoms with Crippen molar-refractivity contribution in [2.75, 3.05) is 6.67 Å². The molecule has 68 valence electrons. The molecule has 2 rings (SSSR count). The fourth-order valence-corrected chi connectivity index (χ4v) is 3.08. The van der Waals surface area contributed by atoms with Gasteiger partial charge in [-0.1, -0.05) is 13.8 Å². The van der Waals surface area contributed by atoms with Gasteiger partial charge in [0.2, 0.25) is 0 Å². The maximum absolute atomic E-state index is 12.9. The van der Waals surface area contributed by atoms with Crippen molar-refractivity contribution in [3.63, 3.8) is 0 Å². The van der Waals surface area contributed by atoms with E-state index in [0.717, 1.165) is 12.8 Å². The number of hydrogen-bond donors (Lipinski definition) is 0. The van der Waals surface area contributed by atoms with Gasteiger partial charge in [0.1, 0.15) is 12.5 Å². The summed E-state index contributed by atoms with van der Waals surface area (Å²) in [5, 5.41) is 0. The van der Waals surface area contributed by atoms with Gasteiger partial charge in [0.25, 0.3) is 0 Å². The van der Waals surface area contributed by atoms with Crippen LogP contribution in [-0.4, -0.2) is 12.5 Å². The molecule has 0 saturated heterocycles. The molecule has 0 aliphatic heterocycles. The summed E-state index contributed by atoms with van der Waals surface area (Å²) < 4.78 is 12.9. The number of hydrogen-bond acceptors (Lipinski definition) is 1. The third-order valence-electron chi connectivity index (χ3n) is 4.37. The number of carbonyl (C=O) groups is 1. The minimum absolute atomic E-state index is 0.0845. The highest BCUT2D eigenvalue weighted by molar-refractivity contribution is 5.89. The number of carbonyl (C=O) groups excluding carboxylic acids is 1. The van der Waals surface area contributed by atoms with E-state index in [-0.39, 0.29) is 11.2 Å². The topological polar surface area (TPSA) is 17.1 Å². The summed E-state index contributed by atoms with van der Waals surface area (Å²) in [5.41, 5.74) is -0.684. The third kappa shape index (κ3) is 0.629. The molecule has 2 saturated carbocycles. The first-order chi connectivity index (χ1) is 5.54. The maximum Gasteiger partial charge on any atom is 0.142 e. The average molecular weight is 170 g/mol. The largest absolute Gasteiger partial charge is 0.299 e. The van der Waals surface area contributed by atoms with Gasteiger partial charge in [0, 0.05) is 6.42 Å². The number of alkyl halides is 1. The zero-order valence-corrected chi connectivity index (χ0v) is 7.69. The lowest BCUT2D eigenvalue weighted by Gasteiger charge is -2.33. The minimum atomic E-state index is -0.600. The predicted octanol–water partition coefficient (Wildman–Crippen LogP) is 2.35. The number of Topliss-reactive ketones (excluding diaryl/α,β-unsaturated/α-hetero) is 1. The Morgan fingerprint density at radius 1 is 1.58 bits per heavy atom. The summed E-state index contributed by atoms with van der Waals surface area (Å²) in [6.07, 6.45) is 2.44. The van der Waals surface area contributed by atoms with Crippen molar-refractivity contribution in [2.45, 2.75) is 33.1 Å². The molecule has 0 unspecified atom stereocenters. The first-order valence-electron chi connectivity index (χ1n) is 4.64.